The largest absolute Gasteiger partial charge is 0.459 e. The molecule has 1 N–H and O–H groups in total. The molecule has 1 saturated carbocycles. The fraction of sp³-hybridized carbons (Fsp3) is 0.667. The van der Waals surface area contributed by atoms with E-state index in [1.807, 2.05) is 17.9 Å². The summed E-state index contributed by atoms with van der Waals surface area (Å²) in [6.45, 7) is 2.62. The van der Waals surface area contributed by atoms with Crippen LogP contribution in [0.5, 0.6) is 0 Å². The number of amides is 1. The molecule has 0 aliphatic heterocycles. The fourth-order valence-corrected chi connectivity index (χ4v) is 2.81. The molecule has 1 heterocycles. The first-order chi connectivity index (χ1) is 9.24. The van der Waals surface area contributed by atoms with Crippen LogP contribution >= 0.6 is 0 Å². The van der Waals surface area contributed by atoms with Crippen LogP contribution in [0.2, 0.25) is 0 Å². The van der Waals surface area contributed by atoms with Crippen molar-refractivity contribution in [2.75, 3.05) is 13.2 Å². The molecule has 4 nitrogen and oxygen atoms in total. The first-order valence-electron chi connectivity index (χ1n) is 7.20. The van der Waals surface area contributed by atoms with Crippen molar-refractivity contribution in [3.05, 3.63) is 23.7 Å². The van der Waals surface area contributed by atoms with E-state index in [1.165, 1.54) is 19.3 Å². The number of aryl methyl sites for hydroxylation is 1. The quantitative estimate of drug-likeness (QED) is 0.890. The Labute approximate surface area is 114 Å². The third kappa shape index (κ3) is 3.38. The maximum atomic E-state index is 12.6. The zero-order valence-electron chi connectivity index (χ0n) is 11.6. The zero-order chi connectivity index (χ0) is 13.7. The number of carbonyl (C=O) groups excluding carboxylic acids is 1. The van der Waals surface area contributed by atoms with Crippen LogP contribution in [-0.4, -0.2) is 35.1 Å². The third-order valence-corrected chi connectivity index (χ3v) is 3.89. The van der Waals surface area contributed by atoms with Gasteiger partial charge in [-0.05, 0) is 32.3 Å². The van der Waals surface area contributed by atoms with Gasteiger partial charge in [0.2, 0.25) is 0 Å². The van der Waals surface area contributed by atoms with E-state index < -0.39 is 0 Å². The van der Waals surface area contributed by atoms with Crippen molar-refractivity contribution in [3.8, 4) is 0 Å². The molecule has 19 heavy (non-hydrogen) atoms. The Hall–Kier alpha value is -1.29. The summed E-state index contributed by atoms with van der Waals surface area (Å²) < 4.78 is 5.32. The Morgan fingerprint density at radius 1 is 1.42 bits per heavy atom. The second-order valence-electron chi connectivity index (χ2n) is 5.30. The minimum Gasteiger partial charge on any atom is -0.459 e. The molecule has 0 saturated heterocycles. The highest BCUT2D eigenvalue weighted by Crippen LogP contribution is 2.25. The van der Waals surface area contributed by atoms with Crippen LogP contribution in [0.1, 0.15) is 54.6 Å². The van der Waals surface area contributed by atoms with Gasteiger partial charge in [-0.15, -0.1) is 0 Å². The first kappa shape index (κ1) is 14.1. The summed E-state index contributed by atoms with van der Waals surface area (Å²) >= 11 is 0. The number of nitrogens with zero attached hydrogens (tertiary/aromatic N) is 1. The average molecular weight is 265 g/mol. The highest BCUT2D eigenvalue weighted by Gasteiger charge is 2.28. The van der Waals surface area contributed by atoms with Crippen LogP contribution in [0.3, 0.4) is 0 Å². The molecule has 1 aliphatic rings. The molecule has 106 valence electrons. The van der Waals surface area contributed by atoms with Gasteiger partial charge in [0.1, 0.15) is 0 Å². The second-order valence-corrected chi connectivity index (χ2v) is 5.30. The van der Waals surface area contributed by atoms with Crippen LogP contribution in [0, 0.1) is 6.92 Å². The summed E-state index contributed by atoms with van der Waals surface area (Å²) in [6.07, 6.45) is 7.96. The summed E-state index contributed by atoms with van der Waals surface area (Å²) in [6, 6.07) is 2.12. The summed E-state index contributed by atoms with van der Waals surface area (Å²) in [5.74, 6) is 0.423. The minimum absolute atomic E-state index is 0.0251. The van der Waals surface area contributed by atoms with E-state index in [9.17, 15) is 4.79 Å². The molecule has 0 unspecified atom stereocenters. The van der Waals surface area contributed by atoms with Gasteiger partial charge in [-0.2, -0.15) is 0 Å². The first-order valence-corrected chi connectivity index (χ1v) is 7.20. The van der Waals surface area contributed by atoms with Crippen molar-refractivity contribution in [1.29, 1.82) is 0 Å². The van der Waals surface area contributed by atoms with Gasteiger partial charge in [0.15, 0.2) is 5.76 Å². The van der Waals surface area contributed by atoms with Crippen LogP contribution < -0.4 is 0 Å². The van der Waals surface area contributed by atoms with Crippen molar-refractivity contribution in [3.63, 3.8) is 0 Å². The highest BCUT2D eigenvalue weighted by atomic mass is 16.3. The van der Waals surface area contributed by atoms with Gasteiger partial charge in [-0.1, -0.05) is 19.3 Å². The number of carbonyl (C=O) groups is 1. The van der Waals surface area contributed by atoms with Crippen molar-refractivity contribution in [2.24, 2.45) is 0 Å². The Morgan fingerprint density at radius 2 is 2.16 bits per heavy atom. The summed E-state index contributed by atoms with van der Waals surface area (Å²) in [5.41, 5.74) is 0.884. The minimum atomic E-state index is -0.0251. The van der Waals surface area contributed by atoms with Gasteiger partial charge in [-0.25, -0.2) is 0 Å². The van der Waals surface area contributed by atoms with Crippen LogP contribution in [0.4, 0.5) is 0 Å². The highest BCUT2D eigenvalue weighted by molar-refractivity contribution is 5.93. The molecule has 1 amide bonds. The molecule has 0 bridgehead atoms. The lowest BCUT2D eigenvalue weighted by Crippen LogP contribution is -2.42. The van der Waals surface area contributed by atoms with E-state index in [0.29, 0.717) is 24.8 Å². The summed E-state index contributed by atoms with van der Waals surface area (Å²) in [4.78, 5) is 14.5. The third-order valence-electron chi connectivity index (χ3n) is 3.89. The lowest BCUT2D eigenvalue weighted by molar-refractivity contribution is 0.0585. The monoisotopic (exact) mass is 265 g/mol. The van der Waals surface area contributed by atoms with E-state index in [1.54, 1.807) is 6.26 Å². The number of hydrogen-bond donors (Lipinski definition) is 1. The maximum Gasteiger partial charge on any atom is 0.290 e. The lowest BCUT2D eigenvalue weighted by atomic mass is 9.93. The van der Waals surface area contributed by atoms with E-state index in [2.05, 4.69) is 0 Å². The van der Waals surface area contributed by atoms with Crippen molar-refractivity contribution in [1.82, 2.24) is 4.90 Å². The van der Waals surface area contributed by atoms with Gasteiger partial charge >= 0.3 is 0 Å². The smallest absolute Gasteiger partial charge is 0.290 e. The Balaban J connectivity index is 2.12. The van der Waals surface area contributed by atoms with E-state index in [0.717, 1.165) is 18.4 Å². The molecular formula is C15H23NO3. The van der Waals surface area contributed by atoms with Crippen molar-refractivity contribution < 1.29 is 14.3 Å². The van der Waals surface area contributed by atoms with Gasteiger partial charge in [0, 0.05) is 24.8 Å². The standard InChI is InChI=1S/C15H23NO3/c1-12-8-11-19-14(12)15(18)16(9-5-10-17)13-6-3-2-4-7-13/h8,11,13,17H,2-7,9-10H2,1H3. The maximum absolute atomic E-state index is 12.6. The van der Waals surface area contributed by atoms with Crippen molar-refractivity contribution >= 4 is 5.91 Å². The average Bonchev–Trinajstić information content (AvgIpc) is 2.86. The summed E-state index contributed by atoms with van der Waals surface area (Å²) in [7, 11) is 0. The molecule has 1 aromatic rings. The Bertz CT molecular complexity index is 407. The zero-order valence-corrected chi connectivity index (χ0v) is 11.6. The number of aliphatic hydroxyl groups excluding tert-OH is 1. The van der Waals surface area contributed by atoms with Gasteiger partial charge in [-0.3, -0.25) is 4.79 Å². The molecule has 1 fully saturated rings. The predicted octanol–water partition coefficient (Wildman–Crippen LogP) is 2.75. The number of hydrogen-bond acceptors (Lipinski definition) is 3. The van der Waals surface area contributed by atoms with E-state index >= 15 is 0 Å². The normalized spacial score (nSPS) is 16.5. The second kappa shape index (κ2) is 6.75. The molecule has 4 heteroatoms. The molecule has 2 rings (SSSR count). The fourth-order valence-electron chi connectivity index (χ4n) is 2.81. The molecule has 0 spiro atoms. The van der Waals surface area contributed by atoms with Crippen LogP contribution in [-0.2, 0) is 0 Å². The van der Waals surface area contributed by atoms with Crippen LogP contribution in [0.15, 0.2) is 16.7 Å². The summed E-state index contributed by atoms with van der Waals surface area (Å²) in [5, 5.41) is 9.02. The van der Waals surface area contributed by atoms with E-state index in [-0.39, 0.29) is 12.5 Å². The molecule has 1 aliphatic carbocycles. The van der Waals surface area contributed by atoms with Crippen LogP contribution in [0.25, 0.3) is 0 Å². The number of aliphatic hydroxyl groups is 1. The molecule has 0 atom stereocenters. The van der Waals surface area contributed by atoms with E-state index in [4.69, 9.17) is 9.52 Å². The Morgan fingerprint density at radius 3 is 2.74 bits per heavy atom. The lowest BCUT2D eigenvalue weighted by Gasteiger charge is -2.34. The van der Waals surface area contributed by atoms with Gasteiger partial charge in [0.25, 0.3) is 5.91 Å². The molecule has 0 aromatic carbocycles. The van der Waals surface area contributed by atoms with Gasteiger partial charge in [0.05, 0.1) is 6.26 Å². The molecular weight excluding hydrogens is 242 g/mol. The topological polar surface area (TPSA) is 53.7 Å². The predicted molar refractivity (Wildman–Crippen MR) is 73.1 cm³/mol. The molecule has 1 aromatic heterocycles. The SMILES string of the molecule is Cc1ccoc1C(=O)N(CCCO)C1CCCCC1. The number of rotatable bonds is 5. The van der Waals surface area contributed by atoms with Gasteiger partial charge < -0.3 is 14.4 Å². The molecule has 0 radical (unpaired) electrons. The van der Waals surface area contributed by atoms with Crippen molar-refractivity contribution in [2.45, 2.75) is 51.5 Å². The Kier molecular flexibility index (Phi) is 5.02. The number of furan rings is 1.